The van der Waals surface area contributed by atoms with Crippen molar-refractivity contribution in [3.8, 4) is 0 Å². The summed E-state index contributed by atoms with van der Waals surface area (Å²) in [7, 11) is 1.80. The van der Waals surface area contributed by atoms with Gasteiger partial charge in [0.05, 0.1) is 6.61 Å². The first kappa shape index (κ1) is 17.6. The zero-order valence-corrected chi connectivity index (χ0v) is 13.5. The molecular weight excluding hydrogens is 308 g/mol. The Morgan fingerprint density at radius 3 is 2.58 bits per heavy atom. The minimum absolute atomic E-state index is 0.0392. The molecule has 0 saturated heterocycles. The molecule has 0 fully saturated rings. The summed E-state index contributed by atoms with van der Waals surface area (Å²) in [6, 6.07) is 8.24. The number of aliphatic hydroxyl groups excluding tert-OH is 1. The number of nitrogens with zero attached hydrogens (tertiary/aromatic N) is 2. The maximum atomic E-state index is 12.2. The molecule has 6 nitrogen and oxygen atoms in total. The Kier molecular flexibility index (Phi) is 6.03. The van der Waals surface area contributed by atoms with E-state index in [1.807, 2.05) is 11.0 Å². The van der Waals surface area contributed by atoms with Crippen molar-refractivity contribution in [1.29, 1.82) is 0 Å². The average Bonchev–Trinajstić information content (AvgIpc) is 3.10. The van der Waals surface area contributed by atoms with Gasteiger partial charge in [-0.2, -0.15) is 0 Å². The number of likely N-dealkylation sites (N-methyl/N-ethyl adjacent to an activating group) is 1. The topological polar surface area (TPSA) is 77.9 Å². The third-order valence-electron chi connectivity index (χ3n) is 3.95. The van der Waals surface area contributed by atoms with E-state index >= 15 is 0 Å². The summed E-state index contributed by atoms with van der Waals surface area (Å²) in [5.41, 5.74) is 1.24. The number of benzene rings is 1. The van der Waals surface area contributed by atoms with Crippen molar-refractivity contribution < 1.29 is 19.5 Å². The molecule has 1 aliphatic carbocycles. The molecule has 1 N–H and O–H groups in total. The molecule has 126 valence electrons. The number of amides is 3. The maximum absolute atomic E-state index is 12.2. The van der Waals surface area contributed by atoms with Crippen LogP contribution < -0.4 is 0 Å². The normalized spacial score (nSPS) is 16.8. The summed E-state index contributed by atoms with van der Waals surface area (Å²) in [6.45, 7) is 0.0392. The number of hydrogen-bond donors (Lipinski definition) is 1. The Hall–Kier alpha value is -2.73. The Morgan fingerprint density at radius 2 is 2.00 bits per heavy atom. The van der Waals surface area contributed by atoms with Crippen molar-refractivity contribution in [1.82, 2.24) is 9.80 Å². The lowest BCUT2D eigenvalue weighted by molar-refractivity contribution is -0.131. The standard InChI is InChI=1S/C18H20N2O4/c1-19(16-8-7-14(11-16)12-21)10-9-17(23)20(13-22)18(24)15-5-3-2-4-6-15/h2-6,9-11,13,16,21H,7-8,12H2,1H3/b10-9-. The van der Waals surface area contributed by atoms with Gasteiger partial charge in [0.1, 0.15) is 0 Å². The minimum Gasteiger partial charge on any atom is -0.392 e. The molecule has 0 heterocycles. The molecule has 1 atom stereocenters. The molecule has 24 heavy (non-hydrogen) atoms. The van der Waals surface area contributed by atoms with Crippen LogP contribution in [-0.4, -0.2) is 52.8 Å². The van der Waals surface area contributed by atoms with Crippen molar-refractivity contribution in [2.75, 3.05) is 13.7 Å². The van der Waals surface area contributed by atoms with E-state index in [0.717, 1.165) is 18.4 Å². The van der Waals surface area contributed by atoms with Crippen molar-refractivity contribution in [2.24, 2.45) is 0 Å². The van der Waals surface area contributed by atoms with Crippen LogP contribution in [0.4, 0.5) is 0 Å². The van der Waals surface area contributed by atoms with Crippen LogP contribution >= 0.6 is 0 Å². The molecule has 3 amide bonds. The zero-order valence-electron chi connectivity index (χ0n) is 13.5. The van der Waals surface area contributed by atoms with Crippen molar-refractivity contribution in [3.05, 3.63) is 59.8 Å². The van der Waals surface area contributed by atoms with E-state index in [1.54, 1.807) is 43.6 Å². The third kappa shape index (κ3) is 4.17. The van der Waals surface area contributed by atoms with Gasteiger partial charge in [-0.25, -0.2) is 4.90 Å². The van der Waals surface area contributed by atoms with Gasteiger partial charge in [0.2, 0.25) is 6.41 Å². The lowest BCUT2D eigenvalue weighted by atomic mass is 10.2. The predicted molar refractivity (Wildman–Crippen MR) is 88.8 cm³/mol. The molecule has 0 saturated carbocycles. The summed E-state index contributed by atoms with van der Waals surface area (Å²) in [5.74, 6) is -1.36. The Labute approximate surface area is 140 Å². The Balaban J connectivity index is 2.03. The number of aliphatic hydroxyl groups is 1. The highest BCUT2D eigenvalue weighted by Gasteiger charge is 2.21. The van der Waals surface area contributed by atoms with E-state index in [9.17, 15) is 14.4 Å². The first-order valence-corrected chi connectivity index (χ1v) is 7.65. The summed E-state index contributed by atoms with van der Waals surface area (Å²) in [6.07, 6.45) is 6.59. The Morgan fingerprint density at radius 1 is 1.29 bits per heavy atom. The smallest absolute Gasteiger partial charge is 0.267 e. The van der Waals surface area contributed by atoms with E-state index in [-0.39, 0.29) is 24.6 Å². The second-order valence-electron chi connectivity index (χ2n) is 5.56. The molecular formula is C18H20N2O4. The average molecular weight is 328 g/mol. The first-order valence-electron chi connectivity index (χ1n) is 7.65. The number of imide groups is 3. The fraction of sp³-hybridized carbons (Fsp3) is 0.278. The van der Waals surface area contributed by atoms with E-state index in [1.165, 1.54) is 6.08 Å². The molecule has 1 aromatic rings. The third-order valence-corrected chi connectivity index (χ3v) is 3.95. The molecule has 1 unspecified atom stereocenters. The summed E-state index contributed by atoms with van der Waals surface area (Å²) < 4.78 is 0. The van der Waals surface area contributed by atoms with Gasteiger partial charge in [0.25, 0.3) is 11.8 Å². The minimum atomic E-state index is -0.699. The van der Waals surface area contributed by atoms with Crippen LogP contribution in [-0.2, 0) is 9.59 Å². The second kappa shape index (κ2) is 8.21. The summed E-state index contributed by atoms with van der Waals surface area (Å²) >= 11 is 0. The molecule has 0 aromatic heterocycles. The van der Waals surface area contributed by atoms with Crippen molar-refractivity contribution in [2.45, 2.75) is 18.9 Å². The van der Waals surface area contributed by atoms with Gasteiger partial charge in [0.15, 0.2) is 0 Å². The molecule has 2 rings (SSSR count). The largest absolute Gasteiger partial charge is 0.392 e. The number of carbonyl (C=O) groups is 3. The van der Waals surface area contributed by atoms with Crippen LogP contribution in [0.15, 0.2) is 54.3 Å². The van der Waals surface area contributed by atoms with Crippen LogP contribution in [0, 0.1) is 0 Å². The van der Waals surface area contributed by atoms with Gasteiger partial charge >= 0.3 is 0 Å². The van der Waals surface area contributed by atoms with E-state index in [4.69, 9.17) is 5.11 Å². The van der Waals surface area contributed by atoms with E-state index in [0.29, 0.717) is 4.90 Å². The fourth-order valence-corrected chi connectivity index (χ4v) is 2.52. The highest BCUT2D eigenvalue weighted by Crippen LogP contribution is 2.21. The molecule has 0 bridgehead atoms. The summed E-state index contributed by atoms with van der Waals surface area (Å²) in [5, 5.41) is 9.12. The van der Waals surface area contributed by atoms with Crippen LogP contribution in [0.3, 0.4) is 0 Å². The predicted octanol–water partition coefficient (Wildman–Crippen LogP) is 1.34. The first-order chi connectivity index (χ1) is 11.6. The van der Waals surface area contributed by atoms with Crippen LogP contribution in [0.25, 0.3) is 0 Å². The quantitative estimate of drug-likeness (QED) is 0.484. The van der Waals surface area contributed by atoms with Gasteiger partial charge in [0, 0.05) is 30.9 Å². The lowest BCUT2D eigenvalue weighted by Gasteiger charge is -2.21. The highest BCUT2D eigenvalue weighted by atomic mass is 16.3. The summed E-state index contributed by atoms with van der Waals surface area (Å²) in [4.78, 5) is 37.8. The molecule has 0 aliphatic heterocycles. The molecule has 6 heteroatoms. The van der Waals surface area contributed by atoms with Crippen molar-refractivity contribution >= 4 is 18.2 Å². The number of carbonyl (C=O) groups excluding carboxylic acids is 3. The maximum Gasteiger partial charge on any atom is 0.267 e. The number of hydrogen-bond acceptors (Lipinski definition) is 5. The monoisotopic (exact) mass is 328 g/mol. The van der Waals surface area contributed by atoms with Crippen LogP contribution in [0.2, 0.25) is 0 Å². The van der Waals surface area contributed by atoms with Gasteiger partial charge in [-0.1, -0.05) is 24.3 Å². The van der Waals surface area contributed by atoms with Gasteiger partial charge in [-0.05, 0) is 30.5 Å². The van der Waals surface area contributed by atoms with E-state index < -0.39 is 11.8 Å². The highest BCUT2D eigenvalue weighted by molar-refractivity contribution is 6.14. The second-order valence-corrected chi connectivity index (χ2v) is 5.56. The fourth-order valence-electron chi connectivity index (χ4n) is 2.52. The van der Waals surface area contributed by atoms with Gasteiger partial charge in [-0.3, -0.25) is 14.4 Å². The van der Waals surface area contributed by atoms with Gasteiger partial charge in [-0.15, -0.1) is 0 Å². The van der Waals surface area contributed by atoms with Crippen LogP contribution in [0.1, 0.15) is 23.2 Å². The van der Waals surface area contributed by atoms with Crippen molar-refractivity contribution in [3.63, 3.8) is 0 Å². The molecule has 1 aliphatic rings. The molecule has 0 radical (unpaired) electrons. The SMILES string of the molecule is CN(/C=C\C(=O)N(C=O)C(=O)c1ccccc1)C1C=C(CO)CC1. The van der Waals surface area contributed by atoms with E-state index in [2.05, 4.69) is 0 Å². The molecule has 1 aromatic carbocycles. The Bertz CT molecular complexity index is 667. The van der Waals surface area contributed by atoms with Gasteiger partial charge < -0.3 is 10.0 Å². The lowest BCUT2D eigenvalue weighted by Crippen LogP contribution is -2.35. The number of rotatable bonds is 6. The molecule has 0 spiro atoms. The van der Waals surface area contributed by atoms with Crippen LogP contribution in [0.5, 0.6) is 0 Å². The zero-order chi connectivity index (χ0) is 17.5.